The second-order valence-electron chi connectivity index (χ2n) is 6.79. The van der Waals surface area contributed by atoms with E-state index in [1.54, 1.807) is 0 Å². The molecule has 0 saturated heterocycles. The minimum atomic E-state index is 0.175. The second kappa shape index (κ2) is 6.45. The van der Waals surface area contributed by atoms with Gasteiger partial charge in [-0.3, -0.25) is 4.90 Å². The third-order valence-corrected chi connectivity index (χ3v) is 6.05. The fourth-order valence-electron chi connectivity index (χ4n) is 4.41. The van der Waals surface area contributed by atoms with Crippen molar-refractivity contribution in [3.8, 4) is 0 Å². The van der Waals surface area contributed by atoms with Crippen molar-refractivity contribution in [3.63, 3.8) is 0 Å². The molecule has 0 amide bonds. The average Bonchev–Trinajstić information content (AvgIpc) is 3.04. The summed E-state index contributed by atoms with van der Waals surface area (Å²) in [4.78, 5) is 2.39. The Kier molecular flexibility index (Phi) is 4.80. The fourth-order valence-corrected chi connectivity index (χ4v) is 4.95. The highest BCUT2D eigenvalue weighted by atomic mass is 35.5. The van der Waals surface area contributed by atoms with E-state index >= 15 is 0 Å². The normalized spacial score (nSPS) is 29.3. The topological polar surface area (TPSA) is 29.3 Å². The van der Waals surface area contributed by atoms with Crippen LogP contribution in [-0.4, -0.2) is 25.0 Å². The quantitative estimate of drug-likeness (QED) is 0.870. The van der Waals surface area contributed by atoms with Gasteiger partial charge in [0.25, 0.3) is 0 Å². The number of rotatable bonds is 5. The number of fused-ring (bicyclic) bond motifs is 2. The van der Waals surface area contributed by atoms with Crippen LogP contribution in [0.4, 0.5) is 0 Å². The summed E-state index contributed by atoms with van der Waals surface area (Å²) in [6, 6.07) is 5.90. The first-order chi connectivity index (χ1) is 10.1. The molecule has 4 unspecified atom stereocenters. The maximum absolute atomic E-state index is 6.36. The molecular weight excluding hydrogens is 303 g/mol. The van der Waals surface area contributed by atoms with Gasteiger partial charge < -0.3 is 5.73 Å². The molecule has 2 aliphatic carbocycles. The van der Waals surface area contributed by atoms with Crippen LogP contribution in [0.1, 0.15) is 37.3 Å². The van der Waals surface area contributed by atoms with Crippen molar-refractivity contribution >= 4 is 23.2 Å². The van der Waals surface area contributed by atoms with E-state index in [1.165, 1.54) is 25.7 Å². The van der Waals surface area contributed by atoms with Crippen molar-refractivity contribution in [2.24, 2.45) is 23.5 Å². The van der Waals surface area contributed by atoms with E-state index in [4.69, 9.17) is 28.9 Å². The summed E-state index contributed by atoms with van der Waals surface area (Å²) in [6.45, 7) is 1.71. The summed E-state index contributed by atoms with van der Waals surface area (Å²) in [7, 11) is 2.18. The number of nitrogens with zero attached hydrogens (tertiary/aromatic N) is 1. The Labute approximate surface area is 137 Å². The highest BCUT2D eigenvalue weighted by Gasteiger charge is 2.40. The van der Waals surface area contributed by atoms with Crippen molar-refractivity contribution in [1.82, 2.24) is 4.90 Å². The first-order valence-corrected chi connectivity index (χ1v) is 8.69. The van der Waals surface area contributed by atoms with Gasteiger partial charge >= 0.3 is 0 Å². The zero-order valence-corrected chi connectivity index (χ0v) is 14.1. The molecule has 2 bridgehead atoms. The van der Waals surface area contributed by atoms with Gasteiger partial charge in [0.15, 0.2) is 0 Å². The van der Waals surface area contributed by atoms with Gasteiger partial charge in [-0.15, -0.1) is 0 Å². The molecule has 0 heterocycles. The third kappa shape index (κ3) is 3.24. The lowest BCUT2D eigenvalue weighted by Crippen LogP contribution is -2.35. The standard InChI is InChI=1S/C17H24Cl2N2/c1-21(10-13-7-11-2-3-12(13)6-11)17(9-20)15-5-4-14(18)8-16(15)19/h4-5,8,11-13,17H,2-3,6-7,9-10,20H2,1H3. The zero-order valence-electron chi connectivity index (χ0n) is 12.6. The van der Waals surface area contributed by atoms with E-state index in [9.17, 15) is 0 Å². The molecule has 4 heteroatoms. The molecule has 2 fully saturated rings. The molecule has 0 aliphatic heterocycles. The van der Waals surface area contributed by atoms with Crippen molar-refractivity contribution < 1.29 is 0 Å². The molecule has 116 valence electrons. The Morgan fingerprint density at radius 3 is 2.67 bits per heavy atom. The van der Waals surface area contributed by atoms with Crippen LogP contribution in [0, 0.1) is 17.8 Å². The molecule has 0 radical (unpaired) electrons. The molecule has 1 aromatic rings. The Morgan fingerprint density at radius 1 is 1.29 bits per heavy atom. The molecule has 3 rings (SSSR count). The summed E-state index contributed by atoms with van der Waals surface area (Å²) in [5.41, 5.74) is 7.12. The Balaban J connectivity index is 1.70. The van der Waals surface area contributed by atoms with Gasteiger partial charge in [0.05, 0.1) is 0 Å². The molecule has 21 heavy (non-hydrogen) atoms. The van der Waals surface area contributed by atoms with Gasteiger partial charge in [0, 0.05) is 29.2 Å². The number of likely N-dealkylation sites (N-methyl/N-ethyl adjacent to an activating group) is 1. The smallest absolute Gasteiger partial charge is 0.0482 e. The highest BCUT2D eigenvalue weighted by Crippen LogP contribution is 2.48. The minimum absolute atomic E-state index is 0.175. The van der Waals surface area contributed by atoms with E-state index in [1.807, 2.05) is 18.2 Å². The number of halogens is 2. The zero-order chi connectivity index (χ0) is 15.0. The summed E-state index contributed by atoms with van der Waals surface area (Å²) in [5, 5.41) is 1.40. The van der Waals surface area contributed by atoms with Crippen LogP contribution in [0.5, 0.6) is 0 Å². The maximum atomic E-state index is 6.36. The van der Waals surface area contributed by atoms with E-state index in [0.29, 0.717) is 11.6 Å². The lowest BCUT2D eigenvalue weighted by atomic mass is 9.88. The lowest BCUT2D eigenvalue weighted by Gasteiger charge is -2.33. The highest BCUT2D eigenvalue weighted by molar-refractivity contribution is 6.35. The molecule has 2 saturated carbocycles. The van der Waals surface area contributed by atoms with Crippen LogP contribution < -0.4 is 5.73 Å². The van der Waals surface area contributed by atoms with Crippen LogP contribution in [-0.2, 0) is 0 Å². The van der Waals surface area contributed by atoms with Crippen LogP contribution >= 0.6 is 23.2 Å². The Morgan fingerprint density at radius 2 is 2.10 bits per heavy atom. The molecular formula is C17H24Cl2N2. The van der Waals surface area contributed by atoms with Crippen LogP contribution in [0.3, 0.4) is 0 Å². The van der Waals surface area contributed by atoms with Gasteiger partial charge in [-0.05, 0) is 61.8 Å². The van der Waals surface area contributed by atoms with E-state index in [-0.39, 0.29) is 6.04 Å². The Bertz CT molecular complexity index is 506. The molecule has 2 aliphatic rings. The molecule has 0 aromatic heterocycles. The monoisotopic (exact) mass is 326 g/mol. The molecule has 2 N–H and O–H groups in total. The average molecular weight is 327 g/mol. The number of hydrogen-bond acceptors (Lipinski definition) is 2. The van der Waals surface area contributed by atoms with Crippen molar-refractivity contribution in [1.29, 1.82) is 0 Å². The van der Waals surface area contributed by atoms with Gasteiger partial charge in [0.2, 0.25) is 0 Å². The van der Waals surface area contributed by atoms with Crippen LogP contribution in [0.25, 0.3) is 0 Å². The number of benzene rings is 1. The fraction of sp³-hybridized carbons (Fsp3) is 0.647. The summed E-state index contributed by atoms with van der Waals surface area (Å²) in [5.74, 6) is 2.77. The molecule has 4 atom stereocenters. The number of nitrogens with two attached hydrogens (primary N) is 1. The molecule has 0 spiro atoms. The second-order valence-corrected chi connectivity index (χ2v) is 7.64. The predicted molar refractivity (Wildman–Crippen MR) is 89.8 cm³/mol. The minimum Gasteiger partial charge on any atom is -0.329 e. The largest absolute Gasteiger partial charge is 0.329 e. The SMILES string of the molecule is CN(CC1CC2CCC1C2)C(CN)c1ccc(Cl)cc1Cl. The van der Waals surface area contributed by atoms with Crippen molar-refractivity contribution in [2.45, 2.75) is 31.7 Å². The first-order valence-electron chi connectivity index (χ1n) is 7.93. The maximum Gasteiger partial charge on any atom is 0.0482 e. The number of hydrogen-bond donors (Lipinski definition) is 1. The third-order valence-electron chi connectivity index (χ3n) is 5.48. The van der Waals surface area contributed by atoms with E-state index < -0.39 is 0 Å². The van der Waals surface area contributed by atoms with Crippen LogP contribution in [0.2, 0.25) is 10.0 Å². The predicted octanol–water partition coefficient (Wildman–Crippen LogP) is 4.36. The van der Waals surface area contributed by atoms with Gasteiger partial charge in [-0.25, -0.2) is 0 Å². The lowest BCUT2D eigenvalue weighted by molar-refractivity contribution is 0.176. The summed E-state index contributed by atoms with van der Waals surface area (Å²) in [6.07, 6.45) is 5.74. The van der Waals surface area contributed by atoms with E-state index in [2.05, 4.69) is 11.9 Å². The van der Waals surface area contributed by atoms with Gasteiger partial charge in [-0.2, -0.15) is 0 Å². The van der Waals surface area contributed by atoms with Crippen molar-refractivity contribution in [2.75, 3.05) is 20.1 Å². The van der Waals surface area contributed by atoms with Gasteiger partial charge in [0.1, 0.15) is 0 Å². The first kappa shape index (κ1) is 15.6. The van der Waals surface area contributed by atoms with E-state index in [0.717, 1.165) is 34.9 Å². The Hall–Kier alpha value is -0.280. The molecule has 1 aromatic carbocycles. The van der Waals surface area contributed by atoms with Crippen molar-refractivity contribution in [3.05, 3.63) is 33.8 Å². The molecule has 2 nitrogen and oxygen atoms in total. The van der Waals surface area contributed by atoms with Crippen LogP contribution in [0.15, 0.2) is 18.2 Å². The summed E-state index contributed by atoms with van der Waals surface area (Å²) >= 11 is 12.4. The summed E-state index contributed by atoms with van der Waals surface area (Å²) < 4.78 is 0. The van der Waals surface area contributed by atoms with Gasteiger partial charge in [-0.1, -0.05) is 35.7 Å².